The molecule has 92 valence electrons. The second-order valence-corrected chi connectivity index (χ2v) is 3.99. The van der Waals surface area contributed by atoms with Crippen LogP contribution < -0.4 is 5.32 Å². The van der Waals surface area contributed by atoms with E-state index in [1.165, 1.54) is 5.56 Å². The molecule has 3 N–H and O–H groups in total. The first kappa shape index (κ1) is 13.2. The van der Waals surface area contributed by atoms with Gasteiger partial charge in [-0.3, -0.25) is 5.10 Å². The summed E-state index contributed by atoms with van der Waals surface area (Å²) in [6, 6.07) is 0. The quantitative estimate of drug-likeness (QED) is 0.594. The van der Waals surface area contributed by atoms with Gasteiger partial charge in [0.15, 0.2) is 0 Å². The molecule has 0 bridgehead atoms. The highest BCUT2D eigenvalue weighted by Gasteiger charge is 2.06. The van der Waals surface area contributed by atoms with Crippen LogP contribution in [0.4, 0.5) is 0 Å². The number of aliphatic hydroxyl groups is 1. The van der Waals surface area contributed by atoms with Gasteiger partial charge in [0.05, 0.1) is 18.4 Å². The number of aliphatic hydroxyl groups excluding tert-OH is 1. The van der Waals surface area contributed by atoms with Crippen LogP contribution in [0.1, 0.15) is 23.4 Å². The van der Waals surface area contributed by atoms with Gasteiger partial charge in [-0.25, -0.2) is 0 Å². The molecule has 0 aliphatic rings. The van der Waals surface area contributed by atoms with Gasteiger partial charge in [0, 0.05) is 24.9 Å². The van der Waals surface area contributed by atoms with E-state index in [0.717, 1.165) is 24.5 Å². The minimum atomic E-state index is -0.385. The highest BCUT2D eigenvalue weighted by molar-refractivity contribution is 5.22. The van der Waals surface area contributed by atoms with Crippen molar-refractivity contribution in [2.75, 3.05) is 20.3 Å². The summed E-state index contributed by atoms with van der Waals surface area (Å²) in [6.07, 6.45) is 0.313. The van der Waals surface area contributed by atoms with Crippen LogP contribution in [-0.2, 0) is 11.3 Å². The molecule has 5 heteroatoms. The number of aromatic amines is 1. The maximum Gasteiger partial charge on any atom is 0.0785 e. The molecule has 0 aromatic carbocycles. The van der Waals surface area contributed by atoms with Crippen molar-refractivity contribution in [3.8, 4) is 0 Å². The van der Waals surface area contributed by atoms with Crippen LogP contribution in [0.2, 0.25) is 0 Å². The molecule has 0 radical (unpaired) electrons. The lowest BCUT2D eigenvalue weighted by molar-refractivity contribution is 0.0594. The van der Waals surface area contributed by atoms with Gasteiger partial charge in [0.1, 0.15) is 0 Å². The predicted octanol–water partition coefficient (Wildman–Crippen LogP) is 0.514. The second kappa shape index (κ2) is 6.62. The van der Waals surface area contributed by atoms with Crippen molar-refractivity contribution in [3.63, 3.8) is 0 Å². The van der Waals surface area contributed by atoms with Crippen molar-refractivity contribution in [1.29, 1.82) is 0 Å². The minimum Gasteiger partial charge on any atom is -0.391 e. The van der Waals surface area contributed by atoms with Crippen molar-refractivity contribution in [3.05, 3.63) is 17.0 Å². The van der Waals surface area contributed by atoms with E-state index in [0.29, 0.717) is 13.0 Å². The van der Waals surface area contributed by atoms with Gasteiger partial charge < -0.3 is 15.2 Å². The van der Waals surface area contributed by atoms with Gasteiger partial charge in [-0.15, -0.1) is 0 Å². The largest absolute Gasteiger partial charge is 0.391 e. The number of aryl methyl sites for hydroxylation is 2. The third-order valence-electron chi connectivity index (χ3n) is 2.60. The van der Waals surface area contributed by atoms with E-state index in [1.807, 2.05) is 13.8 Å². The van der Waals surface area contributed by atoms with Gasteiger partial charge in [0.2, 0.25) is 0 Å². The first-order valence-corrected chi connectivity index (χ1v) is 5.53. The Labute approximate surface area is 96.2 Å². The van der Waals surface area contributed by atoms with Crippen molar-refractivity contribution in [2.45, 2.75) is 32.9 Å². The Morgan fingerprint density at radius 2 is 2.25 bits per heavy atom. The fraction of sp³-hybridized carbons (Fsp3) is 0.727. The van der Waals surface area contributed by atoms with E-state index >= 15 is 0 Å². The van der Waals surface area contributed by atoms with E-state index in [9.17, 15) is 5.11 Å². The monoisotopic (exact) mass is 227 g/mol. The molecular formula is C11H21N3O2. The molecule has 1 heterocycles. The van der Waals surface area contributed by atoms with Gasteiger partial charge in [-0.05, 0) is 26.8 Å². The standard InChI is InChI=1S/C11H21N3O2/c1-8-11(9(2)14-13-8)6-12-5-4-10(15)7-16-3/h10,12,15H,4-7H2,1-3H3,(H,13,14). The van der Waals surface area contributed by atoms with E-state index in [4.69, 9.17) is 4.74 Å². The number of methoxy groups -OCH3 is 1. The lowest BCUT2D eigenvalue weighted by Gasteiger charge is -2.10. The number of nitrogens with zero attached hydrogens (tertiary/aromatic N) is 1. The van der Waals surface area contributed by atoms with Crippen LogP contribution in [0.3, 0.4) is 0 Å². The Balaban J connectivity index is 2.21. The van der Waals surface area contributed by atoms with Gasteiger partial charge >= 0.3 is 0 Å². The summed E-state index contributed by atoms with van der Waals surface area (Å²) in [6.45, 7) is 5.95. The van der Waals surface area contributed by atoms with Crippen LogP contribution in [0, 0.1) is 13.8 Å². The zero-order valence-corrected chi connectivity index (χ0v) is 10.2. The Kier molecular flexibility index (Phi) is 5.45. The van der Waals surface area contributed by atoms with Crippen molar-refractivity contribution in [2.24, 2.45) is 0 Å². The summed E-state index contributed by atoms with van der Waals surface area (Å²) >= 11 is 0. The van der Waals surface area contributed by atoms with Crippen molar-refractivity contribution >= 4 is 0 Å². The number of hydrogen-bond donors (Lipinski definition) is 3. The molecule has 0 saturated heterocycles. The van der Waals surface area contributed by atoms with E-state index < -0.39 is 0 Å². The highest BCUT2D eigenvalue weighted by atomic mass is 16.5. The van der Waals surface area contributed by atoms with Crippen LogP contribution in [0.25, 0.3) is 0 Å². The fourth-order valence-electron chi connectivity index (χ4n) is 1.59. The van der Waals surface area contributed by atoms with Crippen LogP contribution >= 0.6 is 0 Å². The lowest BCUT2D eigenvalue weighted by atomic mass is 10.2. The summed E-state index contributed by atoms with van der Waals surface area (Å²) in [5.41, 5.74) is 3.34. The van der Waals surface area contributed by atoms with Gasteiger partial charge in [-0.1, -0.05) is 0 Å². The Bertz CT molecular complexity index is 293. The Morgan fingerprint density at radius 1 is 1.50 bits per heavy atom. The molecular weight excluding hydrogens is 206 g/mol. The van der Waals surface area contributed by atoms with E-state index in [2.05, 4.69) is 15.5 Å². The average Bonchev–Trinajstić information content (AvgIpc) is 2.55. The number of hydrogen-bond acceptors (Lipinski definition) is 4. The molecule has 16 heavy (non-hydrogen) atoms. The van der Waals surface area contributed by atoms with Crippen molar-refractivity contribution < 1.29 is 9.84 Å². The number of H-pyrrole nitrogens is 1. The molecule has 1 aromatic rings. The predicted molar refractivity (Wildman–Crippen MR) is 62.3 cm³/mol. The normalized spacial score (nSPS) is 13.0. The average molecular weight is 227 g/mol. The number of rotatable bonds is 7. The first-order chi connectivity index (χ1) is 7.65. The maximum absolute atomic E-state index is 9.43. The molecule has 0 spiro atoms. The summed E-state index contributed by atoms with van der Waals surface area (Å²) in [5, 5.41) is 19.8. The summed E-state index contributed by atoms with van der Waals surface area (Å²) < 4.78 is 4.85. The maximum atomic E-state index is 9.43. The Hall–Kier alpha value is -0.910. The molecule has 0 aliphatic heterocycles. The Morgan fingerprint density at radius 3 is 2.81 bits per heavy atom. The molecule has 1 unspecified atom stereocenters. The van der Waals surface area contributed by atoms with Crippen molar-refractivity contribution in [1.82, 2.24) is 15.5 Å². The molecule has 0 fully saturated rings. The first-order valence-electron chi connectivity index (χ1n) is 5.53. The lowest BCUT2D eigenvalue weighted by Crippen LogP contribution is -2.23. The topological polar surface area (TPSA) is 70.2 Å². The fourth-order valence-corrected chi connectivity index (χ4v) is 1.59. The number of nitrogens with one attached hydrogen (secondary N) is 2. The van der Waals surface area contributed by atoms with E-state index in [1.54, 1.807) is 7.11 Å². The molecule has 1 aromatic heterocycles. The molecule has 0 aliphatic carbocycles. The third kappa shape index (κ3) is 3.92. The molecule has 0 amide bonds. The molecule has 5 nitrogen and oxygen atoms in total. The zero-order valence-electron chi connectivity index (χ0n) is 10.2. The summed E-state index contributed by atoms with van der Waals surface area (Å²) in [5.74, 6) is 0. The molecule has 1 atom stereocenters. The van der Waals surface area contributed by atoms with Gasteiger partial charge in [0.25, 0.3) is 0 Å². The number of ether oxygens (including phenoxy) is 1. The summed E-state index contributed by atoms with van der Waals surface area (Å²) in [4.78, 5) is 0. The summed E-state index contributed by atoms with van der Waals surface area (Å²) in [7, 11) is 1.59. The van der Waals surface area contributed by atoms with Crippen LogP contribution in [-0.4, -0.2) is 41.7 Å². The SMILES string of the molecule is COCC(O)CCNCc1c(C)n[nH]c1C. The van der Waals surface area contributed by atoms with Crippen LogP contribution in [0.15, 0.2) is 0 Å². The zero-order chi connectivity index (χ0) is 12.0. The third-order valence-corrected chi connectivity index (χ3v) is 2.60. The number of aromatic nitrogens is 2. The molecule has 1 rings (SSSR count). The molecule has 0 saturated carbocycles. The minimum absolute atomic E-state index is 0.385. The smallest absolute Gasteiger partial charge is 0.0785 e. The van der Waals surface area contributed by atoms with Crippen LogP contribution in [0.5, 0.6) is 0 Å². The van der Waals surface area contributed by atoms with Gasteiger partial charge in [-0.2, -0.15) is 5.10 Å². The second-order valence-electron chi connectivity index (χ2n) is 3.99. The highest BCUT2D eigenvalue weighted by Crippen LogP contribution is 2.08. The van der Waals surface area contributed by atoms with E-state index in [-0.39, 0.29) is 6.10 Å².